The van der Waals surface area contributed by atoms with Gasteiger partial charge in [0, 0.05) is 20.6 Å². The van der Waals surface area contributed by atoms with Crippen LogP contribution < -0.4 is 16.0 Å². The van der Waals surface area contributed by atoms with Crippen LogP contribution in [-0.2, 0) is 4.79 Å². The minimum absolute atomic E-state index is 0.0492. The second-order valence-corrected chi connectivity index (χ2v) is 4.07. The molecule has 0 heterocycles. The first kappa shape index (κ1) is 13.3. The normalized spacial score (nSPS) is 12.0. The van der Waals surface area contributed by atoms with Crippen molar-refractivity contribution in [3.63, 3.8) is 0 Å². The fourth-order valence-electron chi connectivity index (χ4n) is 1.70. The van der Waals surface area contributed by atoms with Gasteiger partial charge in [0.15, 0.2) is 0 Å². The number of carbonyl (C=O) groups is 1. The van der Waals surface area contributed by atoms with Crippen LogP contribution >= 0.6 is 0 Å². The van der Waals surface area contributed by atoms with Crippen LogP contribution in [0, 0.1) is 11.7 Å². The molecule has 0 saturated carbocycles. The largest absolute Gasteiger partial charge is 0.395 e. The van der Waals surface area contributed by atoms with Gasteiger partial charge in [-0.3, -0.25) is 4.79 Å². The number of amides is 1. The van der Waals surface area contributed by atoms with Crippen molar-refractivity contribution in [1.29, 1.82) is 0 Å². The highest BCUT2D eigenvalue weighted by Gasteiger charge is 2.16. The Morgan fingerprint density at radius 3 is 2.82 bits per heavy atom. The number of nitrogens with two attached hydrogens (primary N) is 1. The van der Waals surface area contributed by atoms with Crippen molar-refractivity contribution in [2.24, 2.45) is 5.92 Å². The Kier molecular flexibility index (Phi) is 4.31. The molecule has 0 saturated heterocycles. The fraction of sp³-hybridized carbons (Fsp3) is 0.417. The van der Waals surface area contributed by atoms with Gasteiger partial charge in [-0.25, -0.2) is 4.39 Å². The van der Waals surface area contributed by atoms with E-state index in [9.17, 15) is 9.18 Å². The van der Waals surface area contributed by atoms with Crippen molar-refractivity contribution in [3.8, 4) is 0 Å². The summed E-state index contributed by atoms with van der Waals surface area (Å²) in [5.74, 6) is -0.679. The zero-order valence-electron chi connectivity index (χ0n) is 10.3. The van der Waals surface area contributed by atoms with Crippen molar-refractivity contribution >= 4 is 17.3 Å². The van der Waals surface area contributed by atoms with Crippen molar-refractivity contribution in [2.45, 2.75) is 6.92 Å². The summed E-state index contributed by atoms with van der Waals surface area (Å²) >= 11 is 0. The Hall–Kier alpha value is -1.78. The van der Waals surface area contributed by atoms with Crippen LogP contribution in [0.4, 0.5) is 15.8 Å². The molecule has 0 aliphatic carbocycles. The lowest BCUT2D eigenvalue weighted by molar-refractivity contribution is -0.123. The quantitative estimate of drug-likeness (QED) is 0.777. The first-order valence-electron chi connectivity index (χ1n) is 5.44. The molecule has 1 rings (SSSR count). The van der Waals surface area contributed by atoms with E-state index < -0.39 is 5.82 Å². The maximum atomic E-state index is 13.3. The molecule has 1 aromatic carbocycles. The lowest BCUT2D eigenvalue weighted by Crippen LogP contribution is -2.34. The van der Waals surface area contributed by atoms with E-state index in [1.807, 2.05) is 6.92 Å². The lowest BCUT2D eigenvalue weighted by Gasteiger charge is -2.24. The monoisotopic (exact) mass is 239 g/mol. The summed E-state index contributed by atoms with van der Waals surface area (Å²) in [4.78, 5) is 13.2. The van der Waals surface area contributed by atoms with E-state index in [2.05, 4.69) is 5.32 Å². The molecule has 0 aliphatic heterocycles. The summed E-state index contributed by atoms with van der Waals surface area (Å²) in [6.45, 7) is 2.29. The van der Waals surface area contributed by atoms with Gasteiger partial charge in [-0.05, 0) is 12.1 Å². The zero-order valence-corrected chi connectivity index (χ0v) is 10.3. The molecule has 17 heavy (non-hydrogen) atoms. The van der Waals surface area contributed by atoms with Crippen LogP contribution in [-0.4, -0.2) is 26.5 Å². The van der Waals surface area contributed by atoms with Crippen LogP contribution in [0.1, 0.15) is 6.92 Å². The van der Waals surface area contributed by atoms with Gasteiger partial charge in [0.1, 0.15) is 5.82 Å². The standard InChI is InChI=1S/C12H18FN3O/c1-8(12(17)15-2)7-16(3)10-6-4-5-9(13)11(10)14/h4-6,8H,7,14H2,1-3H3,(H,15,17). The first-order chi connectivity index (χ1) is 7.97. The molecule has 1 aromatic rings. The number of anilines is 2. The van der Waals surface area contributed by atoms with Gasteiger partial charge in [-0.2, -0.15) is 0 Å². The number of carbonyl (C=O) groups excluding carboxylic acids is 1. The van der Waals surface area contributed by atoms with Crippen LogP contribution in [0.3, 0.4) is 0 Å². The minimum atomic E-state index is -0.443. The number of hydrogen-bond acceptors (Lipinski definition) is 3. The summed E-state index contributed by atoms with van der Waals surface area (Å²) in [6.07, 6.45) is 0. The molecule has 0 radical (unpaired) electrons. The van der Waals surface area contributed by atoms with Gasteiger partial charge in [0.2, 0.25) is 5.91 Å². The van der Waals surface area contributed by atoms with Crippen molar-refractivity contribution in [3.05, 3.63) is 24.0 Å². The Morgan fingerprint density at radius 1 is 1.59 bits per heavy atom. The highest BCUT2D eigenvalue weighted by atomic mass is 19.1. The van der Waals surface area contributed by atoms with E-state index in [4.69, 9.17) is 5.73 Å². The predicted octanol–water partition coefficient (Wildman–Crippen LogP) is 1.23. The number of hydrogen-bond donors (Lipinski definition) is 2. The van der Waals surface area contributed by atoms with Crippen LogP contribution in [0.5, 0.6) is 0 Å². The Labute approximate surface area is 101 Å². The summed E-state index contributed by atoms with van der Waals surface area (Å²) in [7, 11) is 3.37. The van der Waals surface area contributed by atoms with Crippen molar-refractivity contribution in [2.75, 3.05) is 31.3 Å². The average molecular weight is 239 g/mol. The second kappa shape index (κ2) is 5.52. The van der Waals surface area contributed by atoms with Crippen LogP contribution in [0.2, 0.25) is 0 Å². The van der Waals surface area contributed by atoms with E-state index >= 15 is 0 Å². The zero-order chi connectivity index (χ0) is 13.0. The molecule has 4 nitrogen and oxygen atoms in total. The number of halogens is 1. The van der Waals surface area contributed by atoms with Crippen LogP contribution in [0.15, 0.2) is 18.2 Å². The minimum Gasteiger partial charge on any atom is -0.395 e. The van der Waals surface area contributed by atoms with Gasteiger partial charge < -0.3 is 16.0 Å². The third-order valence-corrected chi connectivity index (χ3v) is 2.68. The molecule has 3 N–H and O–H groups in total. The van der Waals surface area contributed by atoms with Gasteiger partial charge in [-0.15, -0.1) is 0 Å². The molecule has 0 aliphatic rings. The highest BCUT2D eigenvalue weighted by Crippen LogP contribution is 2.25. The molecular weight excluding hydrogens is 221 g/mol. The topological polar surface area (TPSA) is 58.4 Å². The summed E-state index contributed by atoms with van der Waals surface area (Å²) < 4.78 is 13.3. The number of rotatable bonds is 4. The van der Waals surface area contributed by atoms with E-state index in [1.54, 1.807) is 31.1 Å². The number of benzene rings is 1. The first-order valence-corrected chi connectivity index (χ1v) is 5.44. The van der Waals surface area contributed by atoms with Gasteiger partial charge in [0.25, 0.3) is 0 Å². The SMILES string of the molecule is CNC(=O)C(C)CN(C)c1cccc(F)c1N. The van der Waals surface area contributed by atoms with Gasteiger partial charge in [0.05, 0.1) is 17.3 Å². The Balaban J connectivity index is 2.80. The molecule has 0 aromatic heterocycles. The predicted molar refractivity (Wildman–Crippen MR) is 67.3 cm³/mol. The molecule has 94 valence electrons. The number of nitrogen functional groups attached to an aromatic ring is 1. The van der Waals surface area contributed by atoms with Gasteiger partial charge in [-0.1, -0.05) is 13.0 Å². The molecule has 1 amide bonds. The molecule has 5 heteroatoms. The van der Waals surface area contributed by atoms with Crippen molar-refractivity contribution < 1.29 is 9.18 Å². The van der Waals surface area contributed by atoms with E-state index in [0.29, 0.717) is 12.2 Å². The molecule has 1 atom stereocenters. The second-order valence-electron chi connectivity index (χ2n) is 4.07. The average Bonchev–Trinajstić information content (AvgIpc) is 2.31. The number of nitrogens with zero attached hydrogens (tertiary/aromatic N) is 1. The third kappa shape index (κ3) is 3.09. The van der Waals surface area contributed by atoms with E-state index in [-0.39, 0.29) is 17.5 Å². The summed E-state index contributed by atoms with van der Waals surface area (Å²) in [5, 5.41) is 2.58. The molecule has 0 bridgehead atoms. The fourth-order valence-corrected chi connectivity index (χ4v) is 1.70. The van der Waals surface area contributed by atoms with E-state index in [1.165, 1.54) is 6.07 Å². The van der Waals surface area contributed by atoms with E-state index in [0.717, 1.165) is 0 Å². The lowest BCUT2D eigenvalue weighted by atomic mass is 10.1. The maximum absolute atomic E-state index is 13.3. The highest BCUT2D eigenvalue weighted by molar-refractivity contribution is 5.79. The van der Waals surface area contributed by atoms with Crippen molar-refractivity contribution in [1.82, 2.24) is 5.32 Å². The molecule has 1 unspecified atom stereocenters. The Morgan fingerprint density at radius 2 is 2.24 bits per heavy atom. The molecular formula is C12H18FN3O. The molecule has 0 spiro atoms. The maximum Gasteiger partial charge on any atom is 0.224 e. The molecule has 0 fully saturated rings. The number of nitrogens with one attached hydrogen (secondary N) is 1. The van der Waals surface area contributed by atoms with Crippen LogP contribution in [0.25, 0.3) is 0 Å². The third-order valence-electron chi connectivity index (χ3n) is 2.68. The van der Waals surface area contributed by atoms with Gasteiger partial charge >= 0.3 is 0 Å². The number of para-hydroxylation sites is 1. The Bertz CT molecular complexity index is 409. The smallest absolute Gasteiger partial charge is 0.224 e. The summed E-state index contributed by atoms with van der Waals surface area (Å²) in [6, 6.07) is 4.64. The summed E-state index contributed by atoms with van der Waals surface area (Å²) in [5.41, 5.74) is 6.36.